The minimum atomic E-state index is -0.275. The Balaban J connectivity index is 1.40. The molecule has 2 N–H and O–H groups in total. The van der Waals surface area contributed by atoms with Crippen LogP contribution in [0.3, 0.4) is 0 Å². The van der Waals surface area contributed by atoms with Crippen molar-refractivity contribution >= 4 is 11.7 Å². The first kappa shape index (κ1) is 17.3. The van der Waals surface area contributed by atoms with Gasteiger partial charge in [0.05, 0.1) is 30.7 Å². The molecule has 140 valence electrons. The van der Waals surface area contributed by atoms with E-state index in [1.807, 2.05) is 6.07 Å². The first-order chi connectivity index (χ1) is 13.1. The summed E-state index contributed by atoms with van der Waals surface area (Å²) in [4.78, 5) is 14.4. The molecule has 0 radical (unpaired) electrons. The number of hydrogen-bond acceptors (Lipinski definition) is 3. The topological polar surface area (TPSA) is 78.8 Å². The SMILES string of the molecule is CCc1n[nH]c2c1CN(C(=O)Nc1cnn(Cc3cccc(F)c3)c1)CC2. The number of nitrogens with zero attached hydrogens (tertiary/aromatic N) is 4. The average Bonchev–Trinajstić information content (AvgIpc) is 3.27. The van der Waals surface area contributed by atoms with E-state index >= 15 is 0 Å². The number of fused-ring (bicyclic) bond motifs is 1. The van der Waals surface area contributed by atoms with E-state index in [0.29, 0.717) is 25.3 Å². The number of aromatic nitrogens is 4. The van der Waals surface area contributed by atoms with E-state index in [1.54, 1.807) is 28.0 Å². The molecule has 0 saturated heterocycles. The van der Waals surface area contributed by atoms with Crippen LogP contribution in [-0.4, -0.2) is 37.5 Å². The van der Waals surface area contributed by atoms with E-state index in [0.717, 1.165) is 35.4 Å². The monoisotopic (exact) mass is 368 g/mol. The summed E-state index contributed by atoms with van der Waals surface area (Å²) in [7, 11) is 0. The predicted octanol–water partition coefficient (Wildman–Crippen LogP) is 2.95. The highest BCUT2D eigenvalue weighted by Crippen LogP contribution is 2.21. The Labute approximate surface area is 156 Å². The molecule has 8 heteroatoms. The molecular formula is C19H21FN6O. The molecule has 0 aliphatic carbocycles. The zero-order chi connectivity index (χ0) is 18.8. The summed E-state index contributed by atoms with van der Waals surface area (Å²) < 4.78 is 15.0. The van der Waals surface area contributed by atoms with E-state index in [9.17, 15) is 9.18 Å². The molecule has 2 aromatic heterocycles. The van der Waals surface area contributed by atoms with Crippen molar-refractivity contribution in [2.75, 3.05) is 11.9 Å². The Morgan fingerprint density at radius 2 is 2.30 bits per heavy atom. The number of nitrogens with one attached hydrogen (secondary N) is 2. The van der Waals surface area contributed by atoms with Gasteiger partial charge in [-0.05, 0) is 24.1 Å². The van der Waals surface area contributed by atoms with Gasteiger partial charge in [-0.25, -0.2) is 9.18 Å². The van der Waals surface area contributed by atoms with Gasteiger partial charge in [-0.2, -0.15) is 10.2 Å². The number of halogens is 1. The number of benzene rings is 1. The van der Waals surface area contributed by atoms with Crippen molar-refractivity contribution in [3.05, 3.63) is 65.0 Å². The van der Waals surface area contributed by atoms with Crippen molar-refractivity contribution in [2.45, 2.75) is 32.9 Å². The normalized spacial score (nSPS) is 13.5. The maximum atomic E-state index is 13.3. The van der Waals surface area contributed by atoms with Crippen molar-refractivity contribution in [1.29, 1.82) is 0 Å². The van der Waals surface area contributed by atoms with Gasteiger partial charge < -0.3 is 10.2 Å². The van der Waals surface area contributed by atoms with Crippen molar-refractivity contribution in [3.63, 3.8) is 0 Å². The van der Waals surface area contributed by atoms with Gasteiger partial charge in [-0.1, -0.05) is 19.1 Å². The van der Waals surface area contributed by atoms with Crippen LogP contribution in [-0.2, 0) is 25.9 Å². The molecule has 1 aliphatic rings. The fraction of sp³-hybridized carbons (Fsp3) is 0.316. The lowest BCUT2D eigenvalue weighted by molar-refractivity contribution is 0.206. The fourth-order valence-electron chi connectivity index (χ4n) is 3.36. The number of urea groups is 1. The molecule has 0 fully saturated rings. The van der Waals surface area contributed by atoms with Crippen molar-refractivity contribution in [2.24, 2.45) is 0 Å². The summed E-state index contributed by atoms with van der Waals surface area (Å²) in [6.45, 7) is 3.69. The lowest BCUT2D eigenvalue weighted by atomic mass is 10.0. The maximum Gasteiger partial charge on any atom is 0.322 e. The second-order valence-corrected chi connectivity index (χ2v) is 6.64. The first-order valence-corrected chi connectivity index (χ1v) is 9.00. The minimum absolute atomic E-state index is 0.158. The van der Waals surface area contributed by atoms with Crippen LogP contribution in [0.2, 0.25) is 0 Å². The minimum Gasteiger partial charge on any atom is -0.320 e. The summed E-state index contributed by atoms with van der Waals surface area (Å²) in [6.07, 6.45) is 4.96. The largest absolute Gasteiger partial charge is 0.322 e. The molecule has 0 unspecified atom stereocenters. The van der Waals surface area contributed by atoms with Crippen LogP contribution < -0.4 is 5.32 Å². The van der Waals surface area contributed by atoms with Gasteiger partial charge in [0.15, 0.2) is 0 Å². The lowest BCUT2D eigenvalue weighted by Gasteiger charge is -2.27. The molecule has 0 atom stereocenters. The molecule has 1 aliphatic heterocycles. The molecule has 0 spiro atoms. The molecule has 1 aromatic carbocycles. The third-order valence-electron chi connectivity index (χ3n) is 4.76. The van der Waals surface area contributed by atoms with E-state index in [4.69, 9.17) is 0 Å². The molecule has 7 nitrogen and oxygen atoms in total. The van der Waals surface area contributed by atoms with E-state index in [2.05, 4.69) is 27.5 Å². The van der Waals surface area contributed by atoms with E-state index < -0.39 is 0 Å². The number of amides is 2. The number of hydrogen-bond donors (Lipinski definition) is 2. The smallest absolute Gasteiger partial charge is 0.320 e. The van der Waals surface area contributed by atoms with Crippen LogP contribution in [0.4, 0.5) is 14.9 Å². The van der Waals surface area contributed by atoms with Gasteiger partial charge >= 0.3 is 6.03 Å². The Kier molecular flexibility index (Phi) is 4.62. The number of carbonyl (C=O) groups is 1. The van der Waals surface area contributed by atoms with Crippen molar-refractivity contribution in [3.8, 4) is 0 Å². The van der Waals surface area contributed by atoms with Crippen LogP contribution in [0.1, 0.15) is 29.4 Å². The average molecular weight is 368 g/mol. The summed E-state index contributed by atoms with van der Waals surface area (Å²) in [5, 5.41) is 14.5. The van der Waals surface area contributed by atoms with Gasteiger partial charge in [0.1, 0.15) is 5.82 Å². The second-order valence-electron chi connectivity index (χ2n) is 6.64. The highest BCUT2D eigenvalue weighted by molar-refractivity contribution is 5.89. The van der Waals surface area contributed by atoms with E-state index in [1.165, 1.54) is 12.1 Å². The number of aromatic amines is 1. The number of H-pyrrole nitrogens is 1. The van der Waals surface area contributed by atoms with Crippen molar-refractivity contribution < 1.29 is 9.18 Å². The maximum absolute atomic E-state index is 13.3. The number of rotatable bonds is 4. The predicted molar refractivity (Wildman–Crippen MR) is 98.8 cm³/mol. The molecular weight excluding hydrogens is 347 g/mol. The van der Waals surface area contributed by atoms with Gasteiger partial charge in [0.25, 0.3) is 0 Å². The molecule has 0 bridgehead atoms. The third kappa shape index (κ3) is 3.69. The summed E-state index contributed by atoms with van der Waals surface area (Å²) in [6, 6.07) is 6.23. The first-order valence-electron chi connectivity index (χ1n) is 9.00. The number of aryl methyl sites for hydroxylation is 1. The van der Waals surface area contributed by atoms with Crippen LogP contribution >= 0.6 is 0 Å². The van der Waals surface area contributed by atoms with Crippen LogP contribution in [0.5, 0.6) is 0 Å². The Morgan fingerprint density at radius 3 is 3.11 bits per heavy atom. The quantitative estimate of drug-likeness (QED) is 0.743. The number of anilines is 1. The Hall–Kier alpha value is -3.16. The van der Waals surface area contributed by atoms with Gasteiger partial charge in [0.2, 0.25) is 0 Å². The highest BCUT2D eigenvalue weighted by atomic mass is 19.1. The zero-order valence-corrected chi connectivity index (χ0v) is 15.1. The zero-order valence-electron chi connectivity index (χ0n) is 15.1. The molecule has 4 rings (SSSR count). The summed E-state index contributed by atoms with van der Waals surface area (Å²) in [5.41, 5.74) is 4.70. The summed E-state index contributed by atoms with van der Waals surface area (Å²) >= 11 is 0. The Bertz CT molecular complexity index is 949. The van der Waals surface area contributed by atoms with Gasteiger partial charge in [0, 0.05) is 30.4 Å². The Morgan fingerprint density at radius 1 is 1.41 bits per heavy atom. The standard InChI is InChI=1S/C19H21FN6O/c1-2-17-16-12-25(7-6-18(16)24-23-17)19(27)22-15-9-21-26(11-15)10-13-4-3-5-14(20)8-13/h3-5,8-9,11H,2,6-7,10,12H2,1H3,(H,22,27)(H,23,24). The molecule has 3 aromatic rings. The van der Waals surface area contributed by atoms with Crippen molar-refractivity contribution in [1.82, 2.24) is 24.9 Å². The van der Waals surface area contributed by atoms with Crippen LogP contribution in [0, 0.1) is 5.82 Å². The van der Waals surface area contributed by atoms with E-state index in [-0.39, 0.29) is 11.8 Å². The fourth-order valence-corrected chi connectivity index (χ4v) is 3.36. The van der Waals surface area contributed by atoms with Crippen LogP contribution in [0.15, 0.2) is 36.7 Å². The summed E-state index contributed by atoms with van der Waals surface area (Å²) in [5.74, 6) is -0.275. The molecule has 3 heterocycles. The molecule has 27 heavy (non-hydrogen) atoms. The molecule has 2 amide bonds. The highest BCUT2D eigenvalue weighted by Gasteiger charge is 2.24. The van der Waals surface area contributed by atoms with Gasteiger partial charge in [-0.3, -0.25) is 9.78 Å². The molecule has 0 saturated carbocycles. The van der Waals surface area contributed by atoms with Crippen LogP contribution in [0.25, 0.3) is 0 Å². The number of carbonyl (C=O) groups excluding carboxylic acids is 1. The second kappa shape index (κ2) is 7.22. The third-order valence-corrected chi connectivity index (χ3v) is 4.76. The van der Waals surface area contributed by atoms with Gasteiger partial charge in [-0.15, -0.1) is 0 Å². The lowest BCUT2D eigenvalue weighted by Crippen LogP contribution is -2.38.